The van der Waals surface area contributed by atoms with Gasteiger partial charge in [-0.25, -0.2) is 4.79 Å². The molecule has 0 saturated carbocycles. The van der Waals surface area contributed by atoms with Crippen LogP contribution < -0.4 is 0 Å². The van der Waals surface area contributed by atoms with E-state index in [0.29, 0.717) is 17.4 Å². The molecule has 1 N–H and O–H groups in total. The van der Waals surface area contributed by atoms with Crippen LogP contribution in [0.15, 0.2) is 12.2 Å². The highest BCUT2D eigenvalue weighted by molar-refractivity contribution is 5.71. The molecule has 2 unspecified atom stereocenters. The Balaban J connectivity index is 4.25. The number of hydrogen-bond donors (Lipinski definition) is 1. The van der Waals surface area contributed by atoms with Gasteiger partial charge in [0.15, 0.2) is 6.10 Å². The Morgan fingerprint density at radius 2 is 0.823 bits per heavy atom. The summed E-state index contributed by atoms with van der Waals surface area (Å²) in [4.78, 5) is 37.3. The minimum Gasteiger partial charge on any atom is -0.477 e. The van der Waals surface area contributed by atoms with E-state index in [1.54, 1.807) is 0 Å². The molecule has 0 aromatic carbocycles. The molecule has 0 aromatic heterocycles. The number of likely N-dealkylation sites (N-methyl/N-ethyl adjacent to an activating group) is 1. The van der Waals surface area contributed by atoms with Crippen LogP contribution in [-0.2, 0) is 33.3 Å². The number of esters is 2. The molecule has 0 bridgehead atoms. The third-order valence-electron chi connectivity index (χ3n) is 11.8. The van der Waals surface area contributed by atoms with Crippen molar-refractivity contribution in [2.24, 2.45) is 0 Å². The third kappa shape index (κ3) is 46.0. The number of carboxylic acid groups (broad SMARTS) is 1. The number of allylic oxidation sites excluding steroid dienone is 2. The van der Waals surface area contributed by atoms with Crippen molar-refractivity contribution >= 4 is 17.9 Å². The summed E-state index contributed by atoms with van der Waals surface area (Å²) < 4.78 is 22.8. The van der Waals surface area contributed by atoms with Crippen molar-refractivity contribution in [2.45, 2.75) is 264 Å². The average molecular weight is 881 g/mol. The smallest absolute Gasteiger partial charge is 0.361 e. The molecule has 0 aliphatic carbocycles. The molecule has 0 aromatic rings. The van der Waals surface area contributed by atoms with E-state index in [0.717, 1.165) is 38.5 Å². The first-order chi connectivity index (χ1) is 30.1. The summed E-state index contributed by atoms with van der Waals surface area (Å²) in [6.45, 7) is 4.91. The van der Waals surface area contributed by atoms with Gasteiger partial charge in [-0.1, -0.05) is 212 Å². The second-order valence-corrected chi connectivity index (χ2v) is 19.2. The van der Waals surface area contributed by atoms with Gasteiger partial charge in [0, 0.05) is 12.8 Å². The summed E-state index contributed by atoms with van der Waals surface area (Å²) in [5.74, 6) is -1.99. The number of carboxylic acids is 1. The lowest BCUT2D eigenvalue weighted by atomic mass is 10.0. The minimum absolute atomic E-state index is 0.176. The van der Waals surface area contributed by atoms with Gasteiger partial charge in [0.25, 0.3) is 6.29 Å². The molecular formula is C53H102NO8+. The minimum atomic E-state index is -1.50. The van der Waals surface area contributed by atoms with E-state index in [1.807, 2.05) is 21.1 Å². The number of quaternary nitrogens is 1. The molecule has 0 heterocycles. The fourth-order valence-corrected chi connectivity index (χ4v) is 7.66. The predicted octanol–water partition coefficient (Wildman–Crippen LogP) is 14.6. The molecule has 0 spiro atoms. The van der Waals surface area contributed by atoms with Gasteiger partial charge in [0.1, 0.15) is 13.2 Å². The SMILES string of the molecule is CCCCCCCCCC/C=C\CCCCCCCCCCCCCC(=O)OC(COC(=O)CCCCCCCCCCCCCCCC)COC(OCC[N+](C)(C)C)C(=O)O. The van der Waals surface area contributed by atoms with Gasteiger partial charge in [-0.15, -0.1) is 0 Å². The summed E-state index contributed by atoms with van der Waals surface area (Å²) in [5.41, 5.74) is 0. The van der Waals surface area contributed by atoms with E-state index >= 15 is 0 Å². The van der Waals surface area contributed by atoms with Gasteiger partial charge in [0.2, 0.25) is 0 Å². The van der Waals surface area contributed by atoms with Gasteiger partial charge in [-0.3, -0.25) is 9.59 Å². The van der Waals surface area contributed by atoms with E-state index in [2.05, 4.69) is 26.0 Å². The highest BCUT2D eigenvalue weighted by Crippen LogP contribution is 2.16. The van der Waals surface area contributed by atoms with E-state index < -0.39 is 24.3 Å². The quantitative estimate of drug-likeness (QED) is 0.0212. The van der Waals surface area contributed by atoms with E-state index in [9.17, 15) is 19.5 Å². The van der Waals surface area contributed by atoms with E-state index in [4.69, 9.17) is 18.9 Å². The summed E-state index contributed by atoms with van der Waals surface area (Å²) in [6.07, 6.45) is 47.0. The van der Waals surface area contributed by atoms with Crippen molar-refractivity contribution in [1.29, 1.82) is 0 Å². The summed E-state index contributed by atoms with van der Waals surface area (Å²) in [7, 11) is 5.97. The second kappa shape index (κ2) is 45.6. The van der Waals surface area contributed by atoms with Crippen LogP contribution in [0.5, 0.6) is 0 Å². The molecular weight excluding hydrogens is 779 g/mol. The molecule has 0 rings (SSSR count). The van der Waals surface area contributed by atoms with Crippen molar-refractivity contribution in [3.8, 4) is 0 Å². The number of hydrogen-bond acceptors (Lipinski definition) is 7. The first-order valence-electron chi connectivity index (χ1n) is 26.4. The molecule has 0 radical (unpaired) electrons. The van der Waals surface area contributed by atoms with E-state index in [-0.39, 0.29) is 32.2 Å². The highest BCUT2D eigenvalue weighted by atomic mass is 16.7. The van der Waals surface area contributed by atoms with Crippen LogP contribution in [0.1, 0.15) is 251 Å². The molecule has 0 fully saturated rings. The lowest BCUT2D eigenvalue weighted by Crippen LogP contribution is -2.40. The number of nitrogens with zero attached hydrogens (tertiary/aromatic N) is 1. The van der Waals surface area contributed by atoms with Gasteiger partial charge in [-0.05, 0) is 38.5 Å². The fraction of sp³-hybridized carbons (Fsp3) is 0.906. The molecule has 9 heteroatoms. The first kappa shape index (κ1) is 60.0. The zero-order valence-electron chi connectivity index (χ0n) is 41.6. The Kier molecular flexibility index (Phi) is 44.1. The number of carbonyl (C=O) groups excluding carboxylic acids is 2. The summed E-state index contributed by atoms with van der Waals surface area (Å²) >= 11 is 0. The Hall–Kier alpha value is -1.97. The molecule has 62 heavy (non-hydrogen) atoms. The van der Waals surface area contributed by atoms with Crippen LogP contribution in [0.2, 0.25) is 0 Å². The predicted molar refractivity (Wildman–Crippen MR) is 258 cm³/mol. The molecule has 366 valence electrons. The van der Waals surface area contributed by atoms with Crippen LogP contribution >= 0.6 is 0 Å². The molecule has 2 atom stereocenters. The van der Waals surface area contributed by atoms with Crippen LogP contribution in [-0.4, -0.2) is 87.4 Å². The Morgan fingerprint density at radius 3 is 1.19 bits per heavy atom. The van der Waals surface area contributed by atoms with Crippen molar-refractivity contribution < 1.29 is 42.9 Å². The van der Waals surface area contributed by atoms with Gasteiger partial charge in [-0.2, -0.15) is 0 Å². The van der Waals surface area contributed by atoms with Gasteiger partial charge < -0.3 is 28.5 Å². The third-order valence-corrected chi connectivity index (χ3v) is 11.8. The number of aliphatic carboxylic acids is 1. The molecule has 9 nitrogen and oxygen atoms in total. The number of unbranched alkanes of at least 4 members (excludes halogenated alkanes) is 32. The number of carbonyl (C=O) groups is 3. The zero-order valence-corrected chi connectivity index (χ0v) is 41.6. The van der Waals surface area contributed by atoms with Gasteiger partial charge in [0.05, 0.1) is 34.4 Å². The zero-order chi connectivity index (χ0) is 45.6. The normalized spacial score (nSPS) is 12.9. The van der Waals surface area contributed by atoms with Gasteiger partial charge >= 0.3 is 17.9 Å². The van der Waals surface area contributed by atoms with Crippen LogP contribution in [0, 0.1) is 0 Å². The van der Waals surface area contributed by atoms with Crippen molar-refractivity contribution in [2.75, 3.05) is 47.5 Å². The maximum atomic E-state index is 12.8. The van der Waals surface area contributed by atoms with Crippen molar-refractivity contribution in [1.82, 2.24) is 0 Å². The number of rotatable bonds is 49. The average Bonchev–Trinajstić information content (AvgIpc) is 3.23. The second-order valence-electron chi connectivity index (χ2n) is 19.2. The topological polar surface area (TPSA) is 108 Å². The molecule has 0 amide bonds. The standard InChI is InChI=1S/C53H101NO8/c1-6-8-10-12-14-16-18-20-22-23-24-25-26-27-28-29-30-32-34-36-38-40-42-44-51(56)62-49(48-61-53(52(57)58)59-46-45-54(3,4)5)47-60-50(55)43-41-39-37-35-33-31-21-19-17-15-13-11-9-7-2/h23-24,49,53H,6-22,25-48H2,1-5H3/p+1/b24-23-. The summed E-state index contributed by atoms with van der Waals surface area (Å²) in [6, 6.07) is 0. The van der Waals surface area contributed by atoms with E-state index in [1.165, 1.54) is 186 Å². The molecule has 0 aliphatic heterocycles. The monoisotopic (exact) mass is 881 g/mol. The fourth-order valence-electron chi connectivity index (χ4n) is 7.66. The maximum absolute atomic E-state index is 12.8. The Labute approximate surface area is 383 Å². The largest absolute Gasteiger partial charge is 0.477 e. The molecule has 0 saturated heterocycles. The Bertz CT molecular complexity index is 1030. The van der Waals surface area contributed by atoms with Crippen molar-refractivity contribution in [3.63, 3.8) is 0 Å². The van der Waals surface area contributed by atoms with Crippen LogP contribution in [0.25, 0.3) is 0 Å². The lowest BCUT2D eigenvalue weighted by molar-refractivity contribution is -0.870. The van der Waals surface area contributed by atoms with Crippen molar-refractivity contribution in [3.05, 3.63) is 12.2 Å². The maximum Gasteiger partial charge on any atom is 0.361 e. The lowest BCUT2D eigenvalue weighted by Gasteiger charge is -2.25. The number of ether oxygens (including phenoxy) is 4. The molecule has 0 aliphatic rings. The Morgan fingerprint density at radius 1 is 0.468 bits per heavy atom. The van der Waals surface area contributed by atoms with Crippen LogP contribution in [0.3, 0.4) is 0 Å². The highest BCUT2D eigenvalue weighted by Gasteiger charge is 2.25. The summed E-state index contributed by atoms with van der Waals surface area (Å²) in [5, 5.41) is 9.67. The first-order valence-corrected chi connectivity index (χ1v) is 26.4. The van der Waals surface area contributed by atoms with Crippen LogP contribution in [0.4, 0.5) is 0 Å².